The third kappa shape index (κ3) is 5.85. The highest BCUT2D eigenvalue weighted by Gasteiger charge is 2.11. The Morgan fingerprint density at radius 1 is 1.06 bits per heavy atom. The predicted molar refractivity (Wildman–Crippen MR) is 122 cm³/mol. The molecule has 0 aliphatic carbocycles. The van der Waals surface area contributed by atoms with Gasteiger partial charge in [0.05, 0.1) is 18.9 Å². The Balaban J connectivity index is 1.70. The minimum absolute atomic E-state index is 0.129. The van der Waals surface area contributed by atoms with E-state index in [1.165, 1.54) is 19.4 Å². The van der Waals surface area contributed by atoms with Gasteiger partial charge in [0.1, 0.15) is 6.61 Å². The molecule has 8 heteroatoms. The second-order valence-corrected chi connectivity index (χ2v) is 6.81. The monoisotopic (exact) mass is 433 g/mol. The number of hydrogen-bond donors (Lipinski definition) is 3. The van der Waals surface area contributed by atoms with Gasteiger partial charge in [-0.1, -0.05) is 36.4 Å². The topological polar surface area (TPSA) is 109 Å². The van der Waals surface area contributed by atoms with Crippen LogP contribution in [0.4, 0.5) is 10.5 Å². The standard InChI is InChI=1S/C24H23N3O5/c1-16-7-3-4-11-20(16)26-24(30)27-25-14-19-10-6-12-21(31-2)22(19)32-15-17-8-5-9-18(13-17)23(28)29/h3-14H,15H2,1-2H3,(H,28,29)(H2,26,27,30). The van der Waals surface area contributed by atoms with Crippen molar-refractivity contribution in [3.05, 3.63) is 89.0 Å². The zero-order valence-electron chi connectivity index (χ0n) is 17.7. The number of rotatable bonds is 8. The summed E-state index contributed by atoms with van der Waals surface area (Å²) in [5.74, 6) is -0.111. The van der Waals surface area contributed by atoms with Crippen molar-refractivity contribution in [2.75, 3.05) is 12.4 Å². The van der Waals surface area contributed by atoms with Crippen molar-refractivity contribution in [3.8, 4) is 11.5 Å². The van der Waals surface area contributed by atoms with E-state index in [1.807, 2.05) is 25.1 Å². The number of carboxylic acids is 1. The summed E-state index contributed by atoms with van der Waals surface area (Å²) in [5.41, 5.74) is 5.49. The van der Waals surface area contributed by atoms with Crippen molar-refractivity contribution >= 4 is 23.9 Å². The third-order valence-corrected chi connectivity index (χ3v) is 4.55. The van der Waals surface area contributed by atoms with E-state index in [0.29, 0.717) is 28.3 Å². The van der Waals surface area contributed by atoms with Crippen LogP contribution in [0, 0.1) is 6.92 Å². The first-order chi connectivity index (χ1) is 15.5. The van der Waals surface area contributed by atoms with Gasteiger partial charge in [-0.3, -0.25) is 0 Å². The highest BCUT2D eigenvalue weighted by atomic mass is 16.5. The largest absolute Gasteiger partial charge is 0.493 e. The number of ether oxygens (including phenoxy) is 2. The predicted octanol–water partition coefficient (Wildman–Crippen LogP) is 4.44. The number of amides is 2. The molecule has 0 unspecified atom stereocenters. The van der Waals surface area contributed by atoms with Crippen LogP contribution in [0.2, 0.25) is 0 Å². The Morgan fingerprint density at radius 2 is 1.84 bits per heavy atom. The van der Waals surface area contributed by atoms with Crippen LogP contribution in [0.25, 0.3) is 0 Å². The number of nitrogens with zero attached hydrogens (tertiary/aromatic N) is 1. The molecule has 0 spiro atoms. The van der Waals surface area contributed by atoms with E-state index in [0.717, 1.165) is 5.56 Å². The maximum atomic E-state index is 12.1. The first-order valence-corrected chi connectivity index (χ1v) is 9.75. The summed E-state index contributed by atoms with van der Waals surface area (Å²) in [5, 5.41) is 15.9. The maximum absolute atomic E-state index is 12.1. The summed E-state index contributed by atoms with van der Waals surface area (Å²) in [6.07, 6.45) is 1.45. The molecule has 3 rings (SSSR count). The summed E-state index contributed by atoms with van der Waals surface area (Å²) in [4.78, 5) is 23.3. The first kappa shape index (κ1) is 22.4. The molecule has 164 valence electrons. The second-order valence-electron chi connectivity index (χ2n) is 6.81. The fraction of sp³-hybridized carbons (Fsp3) is 0.125. The number of hydrazone groups is 1. The summed E-state index contributed by atoms with van der Waals surface area (Å²) in [6, 6.07) is 18.7. The summed E-state index contributed by atoms with van der Waals surface area (Å²) >= 11 is 0. The fourth-order valence-electron chi connectivity index (χ4n) is 2.92. The van der Waals surface area contributed by atoms with E-state index in [1.54, 1.807) is 42.5 Å². The fourth-order valence-corrected chi connectivity index (χ4v) is 2.92. The van der Waals surface area contributed by atoms with Gasteiger partial charge < -0.3 is 19.9 Å². The number of carbonyl (C=O) groups excluding carboxylic acids is 1. The van der Waals surface area contributed by atoms with Crippen LogP contribution >= 0.6 is 0 Å². The Labute approximate surface area is 185 Å². The van der Waals surface area contributed by atoms with Crippen molar-refractivity contribution in [1.82, 2.24) is 5.43 Å². The molecule has 2 amide bonds. The Kier molecular flexibility index (Phi) is 7.42. The number of methoxy groups -OCH3 is 1. The van der Waals surface area contributed by atoms with Gasteiger partial charge in [-0.15, -0.1) is 0 Å². The number of carboxylic acid groups (broad SMARTS) is 1. The highest BCUT2D eigenvalue weighted by molar-refractivity contribution is 5.91. The molecular weight excluding hydrogens is 410 g/mol. The number of nitrogens with one attached hydrogen (secondary N) is 2. The van der Waals surface area contributed by atoms with Crippen molar-refractivity contribution in [3.63, 3.8) is 0 Å². The zero-order chi connectivity index (χ0) is 22.9. The van der Waals surface area contributed by atoms with Crippen molar-refractivity contribution in [2.45, 2.75) is 13.5 Å². The number of carbonyl (C=O) groups is 2. The molecule has 0 radical (unpaired) electrons. The van der Waals surface area contributed by atoms with Crippen LogP contribution in [0.15, 0.2) is 71.8 Å². The van der Waals surface area contributed by atoms with Gasteiger partial charge in [0.15, 0.2) is 11.5 Å². The lowest BCUT2D eigenvalue weighted by atomic mass is 10.1. The number of urea groups is 1. The van der Waals surface area contributed by atoms with Gasteiger partial charge in [-0.05, 0) is 48.4 Å². The second kappa shape index (κ2) is 10.6. The van der Waals surface area contributed by atoms with Gasteiger partial charge in [0, 0.05) is 11.3 Å². The summed E-state index contributed by atoms with van der Waals surface area (Å²) in [7, 11) is 1.52. The molecule has 8 nitrogen and oxygen atoms in total. The van der Waals surface area contributed by atoms with Gasteiger partial charge in [-0.25, -0.2) is 15.0 Å². The van der Waals surface area contributed by atoms with Crippen molar-refractivity contribution in [2.24, 2.45) is 5.10 Å². The molecule has 3 N–H and O–H groups in total. The minimum Gasteiger partial charge on any atom is -0.493 e. The number of para-hydroxylation sites is 2. The van der Waals surface area contributed by atoms with E-state index in [9.17, 15) is 9.59 Å². The third-order valence-electron chi connectivity index (χ3n) is 4.55. The van der Waals surface area contributed by atoms with E-state index in [-0.39, 0.29) is 12.2 Å². The Bertz CT molecular complexity index is 1140. The molecule has 0 heterocycles. The Morgan fingerprint density at radius 3 is 2.59 bits per heavy atom. The van der Waals surface area contributed by atoms with Crippen LogP contribution in [-0.2, 0) is 6.61 Å². The molecular formula is C24H23N3O5. The van der Waals surface area contributed by atoms with Crippen LogP contribution in [0.1, 0.15) is 27.0 Å². The molecule has 3 aromatic rings. The number of hydrogen-bond acceptors (Lipinski definition) is 5. The van der Waals surface area contributed by atoms with Crippen LogP contribution in [-0.4, -0.2) is 30.4 Å². The lowest BCUT2D eigenvalue weighted by molar-refractivity contribution is 0.0696. The summed E-state index contributed by atoms with van der Waals surface area (Å²) < 4.78 is 11.3. The zero-order valence-corrected chi connectivity index (χ0v) is 17.7. The quantitative estimate of drug-likeness (QED) is 0.360. The molecule has 0 aliphatic heterocycles. The number of anilines is 1. The maximum Gasteiger partial charge on any atom is 0.339 e. The normalized spacial score (nSPS) is 10.6. The SMILES string of the molecule is COc1cccc(C=NNC(=O)Nc2ccccc2C)c1OCc1cccc(C(=O)O)c1. The lowest BCUT2D eigenvalue weighted by Crippen LogP contribution is -2.24. The smallest absolute Gasteiger partial charge is 0.339 e. The van der Waals surface area contributed by atoms with E-state index >= 15 is 0 Å². The average molecular weight is 433 g/mol. The molecule has 0 aromatic heterocycles. The van der Waals surface area contributed by atoms with Crippen molar-refractivity contribution in [1.29, 1.82) is 0 Å². The van der Waals surface area contributed by atoms with Crippen LogP contribution < -0.4 is 20.2 Å². The highest BCUT2D eigenvalue weighted by Crippen LogP contribution is 2.31. The van der Waals surface area contributed by atoms with E-state index in [4.69, 9.17) is 14.6 Å². The molecule has 0 fully saturated rings. The molecule has 3 aromatic carbocycles. The first-order valence-electron chi connectivity index (χ1n) is 9.75. The van der Waals surface area contributed by atoms with Gasteiger partial charge in [0.25, 0.3) is 0 Å². The molecule has 0 saturated heterocycles. The van der Waals surface area contributed by atoms with Gasteiger partial charge in [0.2, 0.25) is 0 Å². The van der Waals surface area contributed by atoms with Crippen LogP contribution in [0.3, 0.4) is 0 Å². The van der Waals surface area contributed by atoms with E-state index in [2.05, 4.69) is 15.8 Å². The lowest BCUT2D eigenvalue weighted by Gasteiger charge is -2.13. The molecule has 0 saturated carbocycles. The number of benzene rings is 3. The van der Waals surface area contributed by atoms with Crippen molar-refractivity contribution < 1.29 is 24.2 Å². The van der Waals surface area contributed by atoms with E-state index < -0.39 is 12.0 Å². The molecule has 0 aliphatic rings. The van der Waals surface area contributed by atoms with Gasteiger partial charge >= 0.3 is 12.0 Å². The average Bonchev–Trinajstić information content (AvgIpc) is 2.79. The Hall–Kier alpha value is -4.33. The van der Waals surface area contributed by atoms with Gasteiger partial charge in [-0.2, -0.15) is 5.10 Å². The number of aryl methyl sites for hydroxylation is 1. The molecule has 0 atom stereocenters. The van der Waals surface area contributed by atoms with Crippen LogP contribution in [0.5, 0.6) is 11.5 Å². The summed E-state index contributed by atoms with van der Waals surface area (Å²) in [6.45, 7) is 2.02. The molecule has 0 bridgehead atoms. The number of aromatic carboxylic acids is 1. The molecule has 32 heavy (non-hydrogen) atoms. The minimum atomic E-state index is -1.01.